The smallest absolute Gasteiger partial charge is 0.223 e. The molecule has 0 bridgehead atoms. The first-order chi connectivity index (χ1) is 8.54. The molecule has 1 amide bonds. The van der Waals surface area contributed by atoms with E-state index in [4.69, 9.17) is 16.3 Å². The number of amides is 1. The second-order valence-electron chi connectivity index (χ2n) is 4.18. The van der Waals surface area contributed by atoms with Crippen molar-refractivity contribution in [2.24, 2.45) is 0 Å². The molecule has 0 fully saturated rings. The lowest BCUT2D eigenvalue weighted by molar-refractivity contribution is -0.128. The number of rotatable bonds is 6. The van der Waals surface area contributed by atoms with E-state index in [9.17, 15) is 4.79 Å². The van der Waals surface area contributed by atoms with Gasteiger partial charge in [-0.05, 0) is 17.7 Å². The Kier molecular flexibility index (Phi) is 5.95. The first-order valence-electron chi connectivity index (χ1n) is 5.78. The summed E-state index contributed by atoms with van der Waals surface area (Å²) < 4.78 is 5.08. The van der Waals surface area contributed by atoms with E-state index in [1.54, 1.807) is 26.1 Å². The standard InChI is InChI=1S/C13H19ClN2O2/c1-16(2)13(17)6-7-15-9-10-4-5-12(18-3)11(14)8-10/h4-5,8,15H,6-7,9H2,1-3H3. The monoisotopic (exact) mass is 270 g/mol. The fraction of sp³-hybridized carbons (Fsp3) is 0.462. The second kappa shape index (κ2) is 7.24. The molecule has 0 radical (unpaired) electrons. The van der Waals surface area contributed by atoms with Gasteiger partial charge in [0.05, 0.1) is 12.1 Å². The van der Waals surface area contributed by atoms with Crippen LogP contribution in [0, 0.1) is 0 Å². The van der Waals surface area contributed by atoms with Crippen LogP contribution in [0.15, 0.2) is 18.2 Å². The highest BCUT2D eigenvalue weighted by molar-refractivity contribution is 6.32. The Morgan fingerprint density at radius 2 is 2.17 bits per heavy atom. The zero-order chi connectivity index (χ0) is 13.5. The Labute approximate surface area is 113 Å². The van der Waals surface area contributed by atoms with Crippen molar-refractivity contribution in [3.8, 4) is 5.75 Å². The number of hydrogen-bond donors (Lipinski definition) is 1. The van der Waals surface area contributed by atoms with Gasteiger partial charge in [-0.1, -0.05) is 17.7 Å². The maximum absolute atomic E-state index is 11.3. The Balaban J connectivity index is 2.36. The summed E-state index contributed by atoms with van der Waals surface area (Å²) in [5.74, 6) is 0.790. The zero-order valence-corrected chi connectivity index (χ0v) is 11.8. The normalized spacial score (nSPS) is 10.2. The molecule has 0 aliphatic rings. The van der Waals surface area contributed by atoms with Crippen molar-refractivity contribution in [2.45, 2.75) is 13.0 Å². The molecule has 18 heavy (non-hydrogen) atoms. The third-order valence-corrected chi connectivity index (χ3v) is 2.86. The van der Waals surface area contributed by atoms with Gasteiger partial charge in [0.2, 0.25) is 5.91 Å². The minimum absolute atomic E-state index is 0.121. The number of ether oxygens (including phenoxy) is 1. The molecule has 100 valence electrons. The fourth-order valence-electron chi connectivity index (χ4n) is 1.47. The molecule has 0 saturated heterocycles. The molecule has 0 unspecified atom stereocenters. The maximum Gasteiger partial charge on any atom is 0.223 e. The average Bonchev–Trinajstić information content (AvgIpc) is 2.34. The van der Waals surface area contributed by atoms with Crippen molar-refractivity contribution >= 4 is 17.5 Å². The minimum atomic E-state index is 0.121. The molecule has 0 aliphatic heterocycles. The predicted octanol–water partition coefficient (Wildman–Crippen LogP) is 1.92. The van der Waals surface area contributed by atoms with Crippen LogP contribution in [0.25, 0.3) is 0 Å². The number of nitrogens with one attached hydrogen (secondary N) is 1. The summed E-state index contributed by atoms with van der Waals surface area (Å²) in [4.78, 5) is 12.9. The number of benzene rings is 1. The highest BCUT2D eigenvalue weighted by Gasteiger charge is 2.04. The molecule has 0 heterocycles. The van der Waals surface area contributed by atoms with Crippen LogP contribution in [0.2, 0.25) is 5.02 Å². The summed E-state index contributed by atoms with van der Waals surface area (Å²) in [6.07, 6.45) is 0.497. The third kappa shape index (κ3) is 4.55. The van der Waals surface area contributed by atoms with Crippen LogP contribution in [-0.4, -0.2) is 38.6 Å². The molecule has 1 rings (SSSR count). The van der Waals surface area contributed by atoms with Gasteiger partial charge in [0.25, 0.3) is 0 Å². The zero-order valence-electron chi connectivity index (χ0n) is 11.0. The number of carbonyl (C=O) groups excluding carboxylic acids is 1. The van der Waals surface area contributed by atoms with Crippen molar-refractivity contribution in [3.63, 3.8) is 0 Å². The number of hydrogen-bond acceptors (Lipinski definition) is 3. The number of nitrogens with zero attached hydrogens (tertiary/aromatic N) is 1. The van der Waals surface area contributed by atoms with Crippen LogP contribution in [-0.2, 0) is 11.3 Å². The van der Waals surface area contributed by atoms with E-state index in [-0.39, 0.29) is 5.91 Å². The van der Waals surface area contributed by atoms with E-state index in [0.717, 1.165) is 5.56 Å². The van der Waals surface area contributed by atoms with Gasteiger partial charge in [-0.15, -0.1) is 0 Å². The average molecular weight is 271 g/mol. The molecule has 1 aromatic rings. The van der Waals surface area contributed by atoms with E-state index in [1.807, 2.05) is 18.2 Å². The molecule has 0 saturated carbocycles. The highest BCUT2D eigenvalue weighted by atomic mass is 35.5. The van der Waals surface area contributed by atoms with Crippen LogP contribution < -0.4 is 10.1 Å². The van der Waals surface area contributed by atoms with Gasteiger partial charge in [0, 0.05) is 33.6 Å². The molecule has 4 nitrogen and oxygen atoms in total. The molecule has 0 atom stereocenters. The summed E-state index contributed by atoms with van der Waals surface area (Å²) in [7, 11) is 5.10. The molecule has 0 spiro atoms. The Morgan fingerprint density at radius 1 is 1.44 bits per heavy atom. The topological polar surface area (TPSA) is 41.6 Å². The van der Waals surface area contributed by atoms with E-state index in [1.165, 1.54) is 0 Å². The van der Waals surface area contributed by atoms with Crippen LogP contribution in [0.5, 0.6) is 5.75 Å². The van der Waals surface area contributed by atoms with Gasteiger partial charge in [-0.2, -0.15) is 0 Å². The molecular formula is C13H19ClN2O2. The van der Waals surface area contributed by atoms with Gasteiger partial charge in [-0.3, -0.25) is 4.79 Å². The number of methoxy groups -OCH3 is 1. The third-order valence-electron chi connectivity index (χ3n) is 2.56. The Bertz CT molecular complexity index is 408. The summed E-state index contributed by atoms with van der Waals surface area (Å²) in [6.45, 7) is 1.34. The van der Waals surface area contributed by atoms with Crippen molar-refractivity contribution in [3.05, 3.63) is 28.8 Å². The van der Waals surface area contributed by atoms with E-state index in [2.05, 4.69) is 5.32 Å². The summed E-state index contributed by atoms with van der Waals surface area (Å²) in [5, 5.41) is 3.80. The van der Waals surface area contributed by atoms with Crippen molar-refractivity contribution in [1.82, 2.24) is 10.2 Å². The SMILES string of the molecule is COc1ccc(CNCCC(=O)N(C)C)cc1Cl. The van der Waals surface area contributed by atoms with Gasteiger partial charge in [-0.25, -0.2) is 0 Å². The number of halogens is 1. The summed E-state index contributed by atoms with van der Waals surface area (Å²) >= 11 is 6.02. The highest BCUT2D eigenvalue weighted by Crippen LogP contribution is 2.24. The first-order valence-corrected chi connectivity index (χ1v) is 6.15. The first kappa shape index (κ1) is 14.8. The Hall–Kier alpha value is -1.26. The lowest BCUT2D eigenvalue weighted by Gasteiger charge is -2.11. The largest absolute Gasteiger partial charge is 0.495 e. The van der Waals surface area contributed by atoms with Crippen LogP contribution in [0.4, 0.5) is 0 Å². The van der Waals surface area contributed by atoms with Crippen molar-refractivity contribution in [1.29, 1.82) is 0 Å². The summed E-state index contributed by atoms with van der Waals surface area (Å²) in [6, 6.07) is 5.65. The van der Waals surface area contributed by atoms with Gasteiger partial charge in [0.1, 0.15) is 5.75 Å². The molecule has 1 N–H and O–H groups in total. The molecular weight excluding hydrogens is 252 g/mol. The minimum Gasteiger partial charge on any atom is -0.495 e. The molecule has 0 aromatic heterocycles. The molecule has 0 aliphatic carbocycles. The quantitative estimate of drug-likeness (QED) is 0.803. The van der Waals surface area contributed by atoms with E-state index < -0.39 is 0 Å². The lowest BCUT2D eigenvalue weighted by atomic mass is 10.2. The molecule has 5 heteroatoms. The Morgan fingerprint density at radius 3 is 2.72 bits per heavy atom. The van der Waals surface area contributed by atoms with Crippen molar-refractivity contribution < 1.29 is 9.53 Å². The van der Waals surface area contributed by atoms with Crippen LogP contribution >= 0.6 is 11.6 Å². The maximum atomic E-state index is 11.3. The van der Waals surface area contributed by atoms with Gasteiger partial charge >= 0.3 is 0 Å². The van der Waals surface area contributed by atoms with Crippen LogP contribution in [0.1, 0.15) is 12.0 Å². The van der Waals surface area contributed by atoms with Gasteiger partial charge < -0.3 is 15.0 Å². The predicted molar refractivity (Wildman–Crippen MR) is 73.0 cm³/mol. The number of carbonyl (C=O) groups is 1. The summed E-state index contributed by atoms with van der Waals surface area (Å²) in [5.41, 5.74) is 1.07. The fourth-order valence-corrected chi connectivity index (χ4v) is 1.75. The van der Waals surface area contributed by atoms with E-state index in [0.29, 0.717) is 30.3 Å². The second-order valence-corrected chi connectivity index (χ2v) is 4.59. The lowest BCUT2D eigenvalue weighted by Crippen LogP contribution is -2.26. The van der Waals surface area contributed by atoms with Crippen molar-refractivity contribution in [2.75, 3.05) is 27.7 Å². The van der Waals surface area contributed by atoms with E-state index >= 15 is 0 Å². The molecule has 1 aromatic carbocycles. The van der Waals surface area contributed by atoms with Gasteiger partial charge in [0.15, 0.2) is 0 Å². The van der Waals surface area contributed by atoms with Crippen LogP contribution in [0.3, 0.4) is 0 Å².